The molecule has 0 fully saturated rings. The van der Waals surface area contributed by atoms with Crippen LogP contribution < -0.4 is 5.32 Å². The van der Waals surface area contributed by atoms with Gasteiger partial charge >= 0.3 is 0 Å². The van der Waals surface area contributed by atoms with Crippen LogP contribution in [0.1, 0.15) is 0 Å². The highest BCUT2D eigenvalue weighted by Gasteiger charge is 2.03. The van der Waals surface area contributed by atoms with Crippen LogP contribution in [0.25, 0.3) is 11.5 Å². The van der Waals surface area contributed by atoms with Crippen molar-refractivity contribution in [2.75, 3.05) is 5.32 Å². The third-order valence-corrected chi connectivity index (χ3v) is 2.60. The first-order valence-corrected chi connectivity index (χ1v) is 5.98. The van der Waals surface area contributed by atoms with Crippen molar-refractivity contribution in [3.05, 3.63) is 67.0 Å². The number of para-hydroxylation sites is 1. The highest BCUT2D eigenvalue weighted by Crippen LogP contribution is 2.16. The van der Waals surface area contributed by atoms with Crippen LogP contribution in [0.5, 0.6) is 0 Å². The summed E-state index contributed by atoms with van der Waals surface area (Å²) in [7, 11) is 0. The number of nitrogens with one attached hydrogen (secondary N) is 1. The summed E-state index contributed by atoms with van der Waals surface area (Å²) in [5.41, 5.74) is 1.76. The average Bonchev–Trinajstić information content (AvgIpc) is 2.49. The van der Waals surface area contributed by atoms with Crippen LogP contribution in [-0.4, -0.2) is 15.0 Å². The van der Waals surface area contributed by atoms with Gasteiger partial charge in [-0.05, 0) is 30.3 Å². The lowest BCUT2D eigenvalue weighted by atomic mass is 10.3. The first kappa shape index (κ1) is 11.3. The van der Waals surface area contributed by atoms with E-state index in [-0.39, 0.29) is 0 Å². The van der Waals surface area contributed by atoms with Gasteiger partial charge in [0.25, 0.3) is 0 Å². The van der Waals surface area contributed by atoms with Gasteiger partial charge in [0.15, 0.2) is 5.82 Å². The number of rotatable bonds is 3. The van der Waals surface area contributed by atoms with Crippen molar-refractivity contribution in [3.63, 3.8) is 0 Å². The normalized spacial score (nSPS) is 10.1. The van der Waals surface area contributed by atoms with E-state index >= 15 is 0 Å². The fourth-order valence-corrected chi connectivity index (χ4v) is 1.72. The van der Waals surface area contributed by atoms with Crippen LogP contribution >= 0.6 is 0 Å². The van der Waals surface area contributed by atoms with Gasteiger partial charge in [-0.2, -0.15) is 0 Å². The Morgan fingerprint density at radius 2 is 1.58 bits per heavy atom. The lowest BCUT2D eigenvalue weighted by molar-refractivity contribution is 1.14. The summed E-state index contributed by atoms with van der Waals surface area (Å²) >= 11 is 0. The summed E-state index contributed by atoms with van der Waals surface area (Å²) in [4.78, 5) is 12.9. The molecule has 2 heterocycles. The van der Waals surface area contributed by atoms with Gasteiger partial charge in [0.05, 0.1) is 0 Å². The van der Waals surface area contributed by atoms with Crippen molar-refractivity contribution in [1.82, 2.24) is 15.0 Å². The number of aromatic nitrogens is 3. The molecule has 0 aliphatic carbocycles. The summed E-state index contributed by atoms with van der Waals surface area (Å²) in [6.45, 7) is 0. The molecular weight excluding hydrogens is 236 g/mol. The molecule has 0 bridgehead atoms. The molecule has 0 spiro atoms. The number of benzene rings is 1. The lowest BCUT2D eigenvalue weighted by Crippen LogP contribution is -1.97. The van der Waals surface area contributed by atoms with Gasteiger partial charge in [-0.15, -0.1) is 0 Å². The Hall–Kier alpha value is -2.75. The minimum Gasteiger partial charge on any atom is -0.340 e. The number of hydrogen-bond acceptors (Lipinski definition) is 4. The molecule has 0 radical (unpaired) electrons. The fraction of sp³-hybridized carbons (Fsp3) is 0. The van der Waals surface area contributed by atoms with Gasteiger partial charge in [0.2, 0.25) is 0 Å². The van der Waals surface area contributed by atoms with E-state index in [0.717, 1.165) is 17.2 Å². The van der Waals surface area contributed by atoms with E-state index in [1.807, 2.05) is 54.6 Å². The number of pyridine rings is 1. The maximum Gasteiger partial charge on any atom is 0.180 e. The Kier molecular flexibility index (Phi) is 3.14. The van der Waals surface area contributed by atoms with E-state index in [0.29, 0.717) is 5.82 Å². The molecule has 92 valence electrons. The van der Waals surface area contributed by atoms with Crippen LogP contribution in [0, 0.1) is 0 Å². The SMILES string of the molecule is c1ccc(Nc2ccnc(-c3ccccn3)n2)cc1. The van der Waals surface area contributed by atoms with E-state index in [9.17, 15) is 0 Å². The zero-order valence-electron chi connectivity index (χ0n) is 10.2. The summed E-state index contributed by atoms with van der Waals surface area (Å²) in [6.07, 6.45) is 3.46. The zero-order valence-corrected chi connectivity index (χ0v) is 10.2. The van der Waals surface area contributed by atoms with Crippen molar-refractivity contribution >= 4 is 11.5 Å². The van der Waals surface area contributed by atoms with Crippen molar-refractivity contribution in [2.24, 2.45) is 0 Å². The molecule has 0 saturated carbocycles. The molecule has 4 nitrogen and oxygen atoms in total. The summed E-state index contributed by atoms with van der Waals surface area (Å²) in [5, 5.41) is 3.24. The van der Waals surface area contributed by atoms with E-state index in [1.54, 1.807) is 12.4 Å². The van der Waals surface area contributed by atoms with Crippen molar-refractivity contribution in [2.45, 2.75) is 0 Å². The van der Waals surface area contributed by atoms with E-state index in [4.69, 9.17) is 0 Å². The smallest absolute Gasteiger partial charge is 0.180 e. The summed E-state index contributed by atoms with van der Waals surface area (Å²) in [6, 6.07) is 17.4. The Morgan fingerprint density at radius 1 is 0.737 bits per heavy atom. The van der Waals surface area contributed by atoms with Gasteiger partial charge in [-0.25, -0.2) is 9.97 Å². The number of anilines is 2. The highest BCUT2D eigenvalue weighted by molar-refractivity contribution is 5.58. The van der Waals surface area contributed by atoms with Gasteiger partial charge in [-0.1, -0.05) is 24.3 Å². The highest BCUT2D eigenvalue weighted by atomic mass is 15.0. The first-order valence-electron chi connectivity index (χ1n) is 5.98. The Labute approximate surface area is 111 Å². The van der Waals surface area contributed by atoms with E-state index < -0.39 is 0 Å². The molecular formula is C15H12N4. The van der Waals surface area contributed by atoms with Crippen molar-refractivity contribution in [1.29, 1.82) is 0 Å². The number of nitrogens with zero attached hydrogens (tertiary/aromatic N) is 3. The predicted octanol–water partition coefficient (Wildman–Crippen LogP) is 3.28. The number of hydrogen-bond donors (Lipinski definition) is 1. The molecule has 0 unspecified atom stereocenters. The molecule has 4 heteroatoms. The second kappa shape index (κ2) is 5.27. The topological polar surface area (TPSA) is 50.7 Å². The van der Waals surface area contributed by atoms with Crippen LogP contribution in [0.3, 0.4) is 0 Å². The van der Waals surface area contributed by atoms with Crippen molar-refractivity contribution in [3.8, 4) is 11.5 Å². The van der Waals surface area contributed by atoms with E-state index in [2.05, 4.69) is 20.3 Å². The molecule has 3 aromatic rings. The molecule has 1 N–H and O–H groups in total. The second-order valence-electron chi connectivity index (χ2n) is 3.97. The van der Waals surface area contributed by atoms with Crippen LogP contribution in [0.4, 0.5) is 11.5 Å². The Balaban J connectivity index is 1.89. The monoisotopic (exact) mass is 248 g/mol. The van der Waals surface area contributed by atoms with Crippen LogP contribution in [0.2, 0.25) is 0 Å². The molecule has 0 atom stereocenters. The molecule has 0 saturated heterocycles. The summed E-state index contributed by atoms with van der Waals surface area (Å²) in [5.74, 6) is 1.36. The third kappa shape index (κ3) is 2.74. The van der Waals surface area contributed by atoms with Gasteiger partial charge in [0, 0.05) is 18.1 Å². The Bertz CT molecular complexity index is 653. The summed E-state index contributed by atoms with van der Waals surface area (Å²) < 4.78 is 0. The molecule has 2 aromatic heterocycles. The average molecular weight is 248 g/mol. The molecule has 0 aliphatic heterocycles. The molecule has 3 rings (SSSR count). The fourth-order valence-electron chi connectivity index (χ4n) is 1.72. The minimum atomic E-state index is 0.613. The van der Waals surface area contributed by atoms with E-state index in [1.165, 1.54) is 0 Å². The van der Waals surface area contributed by atoms with Crippen LogP contribution in [-0.2, 0) is 0 Å². The van der Waals surface area contributed by atoms with Gasteiger partial charge in [-0.3, -0.25) is 4.98 Å². The van der Waals surface area contributed by atoms with Crippen LogP contribution in [0.15, 0.2) is 67.0 Å². The lowest BCUT2D eigenvalue weighted by Gasteiger charge is -2.06. The maximum atomic E-state index is 4.45. The van der Waals surface area contributed by atoms with Gasteiger partial charge in [0.1, 0.15) is 11.5 Å². The standard InChI is InChI=1S/C15H12N4/c1-2-6-12(7-3-1)18-14-9-11-17-15(19-14)13-8-4-5-10-16-13/h1-11H,(H,17,18,19). The third-order valence-electron chi connectivity index (χ3n) is 2.60. The largest absolute Gasteiger partial charge is 0.340 e. The molecule has 19 heavy (non-hydrogen) atoms. The molecule has 0 aliphatic rings. The Morgan fingerprint density at radius 3 is 2.37 bits per heavy atom. The van der Waals surface area contributed by atoms with Gasteiger partial charge < -0.3 is 5.32 Å². The first-order chi connectivity index (χ1) is 9.42. The maximum absolute atomic E-state index is 4.45. The molecule has 1 aromatic carbocycles. The zero-order chi connectivity index (χ0) is 12.9. The molecule has 0 amide bonds. The second-order valence-corrected chi connectivity index (χ2v) is 3.97. The minimum absolute atomic E-state index is 0.613. The van der Waals surface area contributed by atoms with Crippen molar-refractivity contribution < 1.29 is 0 Å². The quantitative estimate of drug-likeness (QED) is 0.772. The predicted molar refractivity (Wildman–Crippen MR) is 75.0 cm³/mol.